The number of fused-ring (bicyclic) bond motifs is 1. The minimum atomic E-state index is -0.683. The van der Waals surface area contributed by atoms with Gasteiger partial charge < -0.3 is 19.4 Å². The molecule has 0 atom stereocenters. The number of carbonyl (C=O) groups is 3. The summed E-state index contributed by atoms with van der Waals surface area (Å²) in [5.74, 6) is -1.29. The van der Waals surface area contributed by atoms with Gasteiger partial charge in [-0.2, -0.15) is 0 Å². The van der Waals surface area contributed by atoms with Crippen LogP contribution >= 0.6 is 0 Å². The first kappa shape index (κ1) is 21.0. The van der Waals surface area contributed by atoms with E-state index in [-0.39, 0.29) is 11.6 Å². The van der Waals surface area contributed by atoms with E-state index in [1.807, 2.05) is 32.9 Å². The predicted molar refractivity (Wildman–Crippen MR) is 113 cm³/mol. The molecule has 0 radical (unpaired) electrons. The minimum Gasteiger partial charge on any atom is -0.451 e. The summed E-state index contributed by atoms with van der Waals surface area (Å²) < 4.78 is 6.78. The number of aryl methyl sites for hydroxylation is 1. The number of anilines is 1. The Kier molecular flexibility index (Phi) is 6.46. The summed E-state index contributed by atoms with van der Waals surface area (Å²) in [5.41, 5.74) is 2.71. The van der Waals surface area contributed by atoms with Gasteiger partial charge in [-0.3, -0.25) is 9.59 Å². The summed E-state index contributed by atoms with van der Waals surface area (Å²) in [5, 5.41) is 2.64. The Morgan fingerprint density at radius 1 is 1.13 bits per heavy atom. The predicted octanol–water partition coefficient (Wildman–Crippen LogP) is 2.92. The normalized spacial score (nSPS) is 10.6. The van der Waals surface area contributed by atoms with Gasteiger partial charge in [-0.15, -0.1) is 0 Å². The molecule has 0 saturated carbocycles. The highest BCUT2D eigenvalue weighted by atomic mass is 16.5. The van der Waals surface area contributed by atoms with Crippen molar-refractivity contribution in [3.05, 3.63) is 65.6 Å². The second-order valence-electron chi connectivity index (χ2n) is 6.78. The number of amides is 2. The van der Waals surface area contributed by atoms with E-state index in [9.17, 15) is 14.4 Å². The second-order valence-corrected chi connectivity index (χ2v) is 6.78. The van der Waals surface area contributed by atoms with E-state index in [1.54, 1.807) is 46.0 Å². The second kappa shape index (κ2) is 9.21. The number of ether oxygens (including phenoxy) is 1. The average Bonchev–Trinajstić information content (AvgIpc) is 3.16. The first-order valence-electron chi connectivity index (χ1n) is 9.73. The van der Waals surface area contributed by atoms with Gasteiger partial charge in [-0.25, -0.2) is 9.78 Å². The fourth-order valence-electron chi connectivity index (χ4n) is 3.01. The van der Waals surface area contributed by atoms with Gasteiger partial charge in [0.15, 0.2) is 12.3 Å². The number of nitrogens with zero attached hydrogens (tertiary/aromatic N) is 3. The Morgan fingerprint density at radius 2 is 1.90 bits per heavy atom. The van der Waals surface area contributed by atoms with Crippen LogP contribution in [0.5, 0.6) is 0 Å². The van der Waals surface area contributed by atoms with Gasteiger partial charge in [0.05, 0.1) is 0 Å². The number of hydrogen-bond donors (Lipinski definition) is 1. The zero-order valence-electron chi connectivity index (χ0n) is 17.2. The molecular formula is C22H24N4O4. The molecule has 0 fully saturated rings. The molecule has 0 unspecified atom stereocenters. The summed E-state index contributed by atoms with van der Waals surface area (Å²) >= 11 is 0. The highest BCUT2D eigenvalue weighted by Crippen LogP contribution is 2.13. The number of carbonyl (C=O) groups excluding carboxylic acids is 3. The van der Waals surface area contributed by atoms with Crippen molar-refractivity contribution in [1.82, 2.24) is 14.3 Å². The van der Waals surface area contributed by atoms with E-state index < -0.39 is 18.5 Å². The number of rotatable bonds is 7. The van der Waals surface area contributed by atoms with Gasteiger partial charge >= 0.3 is 5.97 Å². The molecule has 2 amide bonds. The maximum Gasteiger partial charge on any atom is 0.359 e. The van der Waals surface area contributed by atoms with Crippen molar-refractivity contribution >= 4 is 29.1 Å². The first-order valence-corrected chi connectivity index (χ1v) is 9.73. The Bertz CT molecular complexity index is 1090. The van der Waals surface area contributed by atoms with Gasteiger partial charge in [0.25, 0.3) is 11.8 Å². The topological polar surface area (TPSA) is 93.0 Å². The van der Waals surface area contributed by atoms with E-state index in [0.29, 0.717) is 30.0 Å². The quantitative estimate of drug-likeness (QED) is 0.607. The van der Waals surface area contributed by atoms with E-state index in [1.165, 1.54) is 0 Å². The van der Waals surface area contributed by atoms with E-state index in [0.717, 1.165) is 5.56 Å². The maximum absolute atomic E-state index is 12.4. The molecule has 8 heteroatoms. The fourth-order valence-corrected chi connectivity index (χ4v) is 3.01. The van der Waals surface area contributed by atoms with Gasteiger partial charge in [0.1, 0.15) is 5.65 Å². The molecule has 30 heavy (non-hydrogen) atoms. The standard InChI is InChI=1S/C22H24N4O4/c1-4-25(5-2)21(28)16-7-6-8-17(12-16)23-20(27)14-30-22(29)18-13-26-10-9-15(3)11-19(26)24-18/h6-13H,4-5,14H2,1-3H3,(H,23,27). The number of benzene rings is 1. The van der Waals surface area contributed by atoms with Crippen molar-refractivity contribution in [3.63, 3.8) is 0 Å². The zero-order valence-corrected chi connectivity index (χ0v) is 17.2. The highest BCUT2D eigenvalue weighted by molar-refractivity contribution is 5.98. The average molecular weight is 408 g/mol. The van der Waals surface area contributed by atoms with Crippen LogP contribution in [0.2, 0.25) is 0 Å². The fraction of sp³-hybridized carbons (Fsp3) is 0.273. The molecule has 0 spiro atoms. The van der Waals surface area contributed by atoms with Gasteiger partial charge in [-0.05, 0) is 56.7 Å². The van der Waals surface area contributed by atoms with Crippen LogP contribution in [0.25, 0.3) is 5.65 Å². The third-order valence-electron chi connectivity index (χ3n) is 4.60. The number of nitrogens with one attached hydrogen (secondary N) is 1. The highest BCUT2D eigenvalue weighted by Gasteiger charge is 2.16. The molecule has 3 rings (SSSR count). The van der Waals surface area contributed by atoms with Crippen molar-refractivity contribution in [2.45, 2.75) is 20.8 Å². The summed E-state index contributed by atoms with van der Waals surface area (Å²) in [6.07, 6.45) is 3.35. The summed E-state index contributed by atoms with van der Waals surface area (Å²) in [4.78, 5) is 42.7. The van der Waals surface area contributed by atoms with Crippen molar-refractivity contribution < 1.29 is 19.1 Å². The third kappa shape index (κ3) is 4.83. The van der Waals surface area contributed by atoms with Crippen molar-refractivity contribution in [2.24, 2.45) is 0 Å². The van der Waals surface area contributed by atoms with Crippen LogP contribution in [-0.2, 0) is 9.53 Å². The lowest BCUT2D eigenvalue weighted by Crippen LogP contribution is -2.30. The van der Waals surface area contributed by atoms with E-state index in [2.05, 4.69) is 10.3 Å². The largest absolute Gasteiger partial charge is 0.451 e. The van der Waals surface area contributed by atoms with Crippen molar-refractivity contribution in [3.8, 4) is 0 Å². The smallest absolute Gasteiger partial charge is 0.359 e. The lowest BCUT2D eigenvalue weighted by Gasteiger charge is -2.19. The molecule has 0 aliphatic carbocycles. The molecule has 3 aromatic rings. The Morgan fingerprint density at radius 3 is 2.63 bits per heavy atom. The van der Waals surface area contributed by atoms with Crippen LogP contribution in [0, 0.1) is 6.92 Å². The molecule has 0 aliphatic heterocycles. The number of hydrogen-bond acceptors (Lipinski definition) is 5. The van der Waals surface area contributed by atoms with Gasteiger partial charge in [0, 0.05) is 36.7 Å². The molecule has 2 aromatic heterocycles. The van der Waals surface area contributed by atoms with Crippen LogP contribution in [0.4, 0.5) is 5.69 Å². The zero-order chi connectivity index (χ0) is 21.7. The van der Waals surface area contributed by atoms with E-state index >= 15 is 0 Å². The summed E-state index contributed by atoms with van der Waals surface area (Å²) in [7, 11) is 0. The molecule has 0 bridgehead atoms. The van der Waals surface area contributed by atoms with Crippen LogP contribution < -0.4 is 5.32 Å². The molecule has 1 aromatic carbocycles. The number of esters is 1. The Balaban J connectivity index is 1.59. The lowest BCUT2D eigenvalue weighted by molar-refractivity contribution is -0.119. The van der Waals surface area contributed by atoms with Crippen LogP contribution in [0.1, 0.15) is 40.3 Å². The molecule has 0 aliphatic rings. The molecule has 156 valence electrons. The first-order chi connectivity index (χ1) is 14.4. The molecule has 2 heterocycles. The minimum absolute atomic E-state index is 0.107. The van der Waals surface area contributed by atoms with Crippen LogP contribution in [0.3, 0.4) is 0 Å². The molecular weight excluding hydrogens is 384 g/mol. The molecule has 1 N–H and O–H groups in total. The molecule has 8 nitrogen and oxygen atoms in total. The third-order valence-corrected chi connectivity index (χ3v) is 4.60. The van der Waals surface area contributed by atoms with Crippen LogP contribution in [-0.4, -0.2) is 51.8 Å². The van der Waals surface area contributed by atoms with Gasteiger partial charge in [-0.1, -0.05) is 6.07 Å². The maximum atomic E-state index is 12.4. The Hall–Kier alpha value is -3.68. The monoisotopic (exact) mass is 408 g/mol. The van der Waals surface area contributed by atoms with E-state index in [4.69, 9.17) is 4.74 Å². The number of imidazole rings is 1. The lowest BCUT2D eigenvalue weighted by atomic mass is 10.1. The van der Waals surface area contributed by atoms with Crippen molar-refractivity contribution in [1.29, 1.82) is 0 Å². The van der Waals surface area contributed by atoms with Crippen LogP contribution in [0.15, 0.2) is 48.8 Å². The summed E-state index contributed by atoms with van der Waals surface area (Å²) in [6, 6.07) is 10.4. The van der Waals surface area contributed by atoms with Gasteiger partial charge in [0.2, 0.25) is 0 Å². The summed E-state index contributed by atoms with van der Waals surface area (Å²) in [6.45, 7) is 6.49. The SMILES string of the molecule is CCN(CC)C(=O)c1cccc(NC(=O)COC(=O)c2cn3ccc(C)cc3n2)c1. The molecule has 0 saturated heterocycles. The Labute approximate surface area is 174 Å². The van der Waals surface area contributed by atoms with Crippen molar-refractivity contribution in [2.75, 3.05) is 25.0 Å². The number of aromatic nitrogens is 2. The number of pyridine rings is 1.